The van der Waals surface area contributed by atoms with E-state index in [0.29, 0.717) is 0 Å². The molecule has 10 nitrogen and oxygen atoms in total. The number of aromatic nitrogens is 1. The molecule has 0 aliphatic heterocycles. The predicted molar refractivity (Wildman–Crippen MR) is 145 cm³/mol. The van der Waals surface area contributed by atoms with Crippen molar-refractivity contribution in [2.45, 2.75) is 64.3 Å². The van der Waals surface area contributed by atoms with E-state index in [1.165, 1.54) is 0 Å². The van der Waals surface area contributed by atoms with Gasteiger partial charge in [-0.15, -0.1) is 0 Å². The van der Waals surface area contributed by atoms with Crippen LogP contribution in [0.3, 0.4) is 0 Å². The van der Waals surface area contributed by atoms with Crippen molar-refractivity contribution in [3.05, 3.63) is 71.9 Å². The summed E-state index contributed by atoms with van der Waals surface area (Å²) >= 11 is 0. The van der Waals surface area contributed by atoms with Crippen LogP contribution in [0.4, 0.5) is 4.79 Å². The SMILES string of the molecule is Cn1cc(CC(NC(=O)C(CCC(=O)O)NC(=O)OC(C)(C)C)C(=O)OCc2ccccc2)c2ccccc21. The van der Waals surface area contributed by atoms with Gasteiger partial charge in [0.2, 0.25) is 5.91 Å². The van der Waals surface area contributed by atoms with Crippen LogP contribution >= 0.6 is 0 Å². The molecule has 0 bridgehead atoms. The van der Waals surface area contributed by atoms with E-state index in [1.54, 1.807) is 20.8 Å². The fourth-order valence-corrected chi connectivity index (χ4v) is 4.09. The number of benzene rings is 2. The van der Waals surface area contributed by atoms with Crippen molar-refractivity contribution in [3.8, 4) is 0 Å². The van der Waals surface area contributed by atoms with Gasteiger partial charge < -0.3 is 29.8 Å². The smallest absolute Gasteiger partial charge is 0.408 e. The second kappa shape index (κ2) is 12.9. The molecule has 1 aromatic heterocycles. The molecule has 3 N–H and O–H groups in total. The number of hydrogen-bond donors (Lipinski definition) is 3. The number of carbonyl (C=O) groups excluding carboxylic acids is 3. The van der Waals surface area contributed by atoms with E-state index < -0.39 is 41.6 Å². The zero-order valence-corrected chi connectivity index (χ0v) is 22.6. The standard InChI is InChI=1S/C29H35N3O7/c1-29(2,3)39-28(37)31-22(14-15-25(33)34)26(35)30-23(27(36)38-18-19-10-6-5-7-11-19)16-20-17-32(4)24-13-9-8-12-21(20)24/h5-13,17,22-23H,14-16,18H2,1-4H3,(H,30,35)(H,31,37)(H,33,34). The number of carboxylic acids is 1. The third-order valence-corrected chi connectivity index (χ3v) is 5.88. The van der Waals surface area contributed by atoms with Crippen LogP contribution in [-0.4, -0.2) is 51.3 Å². The molecular weight excluding hydrogens is 502 g/mol. The van der Waals surface area contributed by atoms with Crippen molar-refractivity contribution < 1.29 is 33.8 Å². The summed E-state index contributed by atoms with van der Waals surface area (Å²) in [6.07, 6.45) is 0.569. The highest BCUT2D eigenvalue weighted by atomic mass is 16.6. The number of amides is 2. The molecule has 2 aromatic carbocycles. The Morgan fingerprint density at radius 2 is 1.62 bits per heavy atom. The molecule has 10 heteroatoms. The highest BCUT2D eigenvalue weighted by Gasteiger charge is 2.30. The van der Waals surface area contributed by atoms with Crippen molar-refractivity contribution in [1.29, 1.82) is 0 Å². The van der Waals surface area contributed by atoms with Gasteiger partial charge in [0.1, 0.15) is 24.3 Å². The lowest BCUT2D eigenvalue weighted by Gasteiger charge is -2.25. The number of nitrogens with one attached hydrogen (secondary N) is 2. The first kappa shape index (κ1) is 29.2. The minimum atomic E-state index is -1.24. The Labute approximate surface area is 227 Å². The van der Waals surface area contributed by atoms with Crippen LogP contribution < -0.4 is 10.6 Å². The Morgan fingerprint density at radius 1 is 0.949 bits per heavy atom. The van der Waals surface area contributed by atoms with Crippen molar-refractivity contribution in [2.75, 3.05) is 0 Å². The quantitative estimate of drug-likeness (QED) is 0.317. The Morgan fingerprint density at radius 3 is 2.28 bits per heavy atom. The first-order chi connectivity index (χ1) is 18.4. The van der Waals surface area contributed by atoms with Gasteiger partial charge >= 0.3 is 18.0 Å². The van der Waals surface area contributed by atoms with Gasteiger partial charge in [-0.25, -0.2) is 9.59 Å². The molecular formula is C29H35N3O7. The van der Waals surface area contributed by atoms with Gasteiger partial charge in [-0.3, -0.25) is 9.59 Å². The first-order valence-electron chi connectivity index (χ1n) is 12.7. The number of esters is 1. The molecule has 0 aliphatic carbocycles. The third-order valence-electron chi connectivity index (χ3n) is 5.88. The molecule has 0 aliphatic rings. The van der Waals surface area contributed by atoms with E-state index in [1.807, 2.05) is 72.4 Å². The van der Waals surface area contributed by atoms with Crippen molar-refractivity contribution in [3.63, 3.8) is 0 Å². The third kappa shape index (κ3) is 8.87. The van der Waals surface area contributed by atoms with Crippen LogP contribution in [0.15, 0.2) is 60.8 Å². The molecule has 3 rings (SSSR count). The summed E-state index contributed by atoms with van der Waals surface area (Å²) < 4.78 is 12.7. The predicted octanol–water partition coefficient (Wildman–Crippen LogP) is 3.71. The first-order valence-corrected chi connectivity index (χ1v) is 12.7. The summed E-state index contributed by atoms with van der Waals surface area (Å²) in [5.74, 6) is -2.51. The minimum Gasteiger partial charge on any atom is -0.481 e. The van der Waals surface area contributed by atoms with E-state index in [2.05, 4.69) is 10.6 Å². The number of alkyl carbamates (subject to hydrolysis) is 1. The molecule has 1 heterocycles. The average molecular weight is 538 g/mol. The van der Waals surface area contributed by atoms with Crippen molar-refractivity contribution in [1.82, 2.24) is 15.2 Å². The van der Waals surface area contributed by atoms with Crippen LogP contribution in [0.25, 0.3) is 10.9 Å². The van der Waals surface area contributed by atoms with E-state index in [-0.39, 0.29) is 25.9 Å². The number of ether oxygens (including phenoxy) is 2. The van der Waals surface area contributed by atoms with Gasteiger partial charge in [0, 0.05) is 37.0 Å². The van der Waals surface area contributed by atoms with Crippen LogP contribution in [0.5, 0.6) is 0 Å². The summed E-state index contributed by atoms with van der Waals surface area (Å²) in [6, 6.07) is 14.5. The molecule has 0 radical (unpaired) electrons. The normalized spacial score (nSPS) is 12.8. The second-order valence-electron chi connectivity index (χ2n) is 10.3. The van der Waals surface area contributed by atoms with Crippen molar-refractivity contribution >= 4 is 34.8 Å². The lowest BCUT2D eigenvalue weighted by molar-refractivity contribution is -0.149. The van der Waals surface area contributed by atoms with Crippen LogP contribution in [0.1, 0.15) is 44.7 Å². The number of rotatable bonds is 11. The zero-order valence-electron chi connectivity index (χ0n) is 22.6. The van der Waals surface area contributed by atoms with E-state index in [4.69, 9.17) is 14.6 Å². The van der Waals surface area contributed by atoms with Gasteiger partial charge in [0.15, 0.2) is 0 Å². The Kier molecular flexibility index (Phi) is 9.70. The number of nitrogens with zero attached hydrogens (tertiary/aromatic N) is 1. The van der Waals surface area contributed by atoms with E-state index in [9.17, 15) is 19.2 Å². The lowest BCUT2D eigenvalue weighted by Crippen LogP contribution is -2.53. The van der Waals surface area contributed by atoms with Crippen LogP contribution in [0.2, 0.25) is 0 Å². The summed E-state index contributed by atoms with van der Waals surface area (Å²) in [5, 5.41) is 15.2. The summed E-state index contributed by atoms with van der Waals surface area (Å²) in [5.41, 5.74) is 1.74. The number of fused-ring (bicyclic) bond motifs is 1. The molecule has 2 amide bonds. The Balaban J connectivity index is 1.83. The number of carboxylic acid groups (broad SMARTS) is 1. The molecule has 0 saturated heterocycles. The van der Waals surface area contributed by atoms with Crippen LogP contribution in [0, 0.1) is 0 Å². The lowest BCUT2D eigenvalue weighted by atomic mass is 10.0. The fourth-order valence-electron chi connectivity index (χ4n) is 4.09. The van der Waals surface area contributed by atoms with Gasteiger partial charge in [-0.1, -0.05) is 48.5 Å². The maximum Gasteiger partial charge on any atom is 0.408 e. The molecule has 3 aromatic rings. The van der Waals surface area contributed by atoms with Gasteiger partial charge in [-0.2, -0.15) is 0 Å². The summed E-state index contributed by atoms with van der Waals surface area (Å²) in [4.78, 5) is 50.2. The Hall–Kier alpha value is -4.34. The number of para-hydroxylation sites is 1. The topological polar surface area (TPSA) is 136 Å². The highest BCUT2D eigenvalue weighted by Crippen LogP contribution is 2.22. The number of carbonyl (C=O) groups is 4. The van der Waals surface area contributed by atoms with Gasteiger partial charge in [-0.05, 0) is 44.4 Å². The maximum atomic E-state index is 13.3. The molecule has 39 heavy (non-hydrogen) atoms. The molecule has 0 fully saturated rings. The maximum absolute atomic E-state index is 13.3. The Bertz CT molecular complexity index is 1310. The molecule has 0 spiro atoms. The number of aliphatic carboxylic acids is 1. The van der Waals surface area contributed by atoms with Crippen LogP contribution in [-0.2, 0) is 43.9 Å². The molecule has 208 valence electrons. The summed E-state index contributed by atoms with van der Waals surface area (Å²) in [7, 11) is 1.89. The molecule has 2 unspecified atom stereocenters. The highest BCUT2D eigenvalue weighted by molar-refractivity contribution is 5.91. The monoisotopic (exact) mass is 537 g/mol. The molecule has 0 saturated carbocycles. The van der Waals surface area contributed by atoms with Gasteiger partial charge in [0.25, 0.3) is 0 Å². The average Bonchev–Trinajstić information content (AvgIpc) is 3.19. The summed E-state index contributed by atoms with van der Waals surface area (Å²) in [6.45, 7) is 5.02. The number of hydrogen-bond acceptors (Lipinski definition) is 6. The van der Waals surface area contributed by atoms with Crippen molar-refractivity contribution in [2.24, 2.45) is 7.05 Å². The van der Waals surface area contributed by atoms with E-state index >= 15 is 0 Å². The number of aryl methyl sites for hydroxylation is 1. The second-order valence-corrected chi connectivity index (χ2v) is 10.3. The largest absolute Gasteiger partial charge is 0.481 e. The zero-order chi connectivity index (χ0) is 28.6. The van der Waals surface area contributed by atoms with E-state index in [0.717, 1.165) is 22.0 Å². The fraction of sp³-hybridized carbons (Fsp3) is 0.379. The molecule has 2 atom stereocenters. The minimum absolute atomic E-state index is 0.0141. The van der Waals surface area contributed by atoms with Gasteiger partial charge in [0.05, 0.1) is 0 Å².